The molecule has 0 fully saturated rings. The van der Waals surface area contributed by atoms with Gasteiger partial charge in [0.2, 0.25) is 0 Å². The Hall–Kier alpha value is -2.56. The summed E-state index contributed by atoms with van der Waals surface area (Å²) in [6.45, 7) is 2.76. The molecule has 0 saturated carbocycles. The number of methoxy groups -OCH3 is 1. The summed E-state index contributed by atoms with van der Waals surface area (Å²) >= 11 is 0. The van der Waals surface area contributed by atoms with Gasteiger partial charge in [0.05, 0.1) is 20.3 Å². The molecule has 21 heavy (non-hydrogen) atoms. The molecule has 0 radical (unpaired) electrons. The smallest absolute Gasteiger partial charge is 0.330 e. The summed E-state index contributed by atoms with van der Waals surface area (Å²) in [6, 6.07) is 7.61. The molecule has 1 aromatic heterocycles. The van der Waals surface area contributed by atoms with Crippen molar-refractivity contribution in [3.63, 3.8) is 0 Å². The summed E-state index contributed by atoms with van der Waals surface area (Å²) in [4.78, 5) is 11.3. The van der Waals surface area contributed by atoms with Crippen molar-refractivity contribution >= 4 is 12.0 Å². The Morgan fingerprint density at radius 3 is 2.95 bits per heavy atom. The van der Waals surface area contributed by atoms with Gasteiger partial charge in [0.15, 0.2) is 0 Å². The van der Waals surface area contributed by atoms with Crippen molar-refractivity contribution < 1.29 is 14.3 Å². The maximum atomic E-state index is 11.3. The van der Waals surface area contributed by atoms with Crippen molar-refractivity contribution in [3.8, 4) is 5.75 Å². The molecule has 5 heteroatoms. The molecule has 0 N–H and O–H groups in total. The van der Waals surface area contributed by atoms with Crippen LogP contribution in [0.1, 0.15) is 18.1 Å². The second-order valence-corrected chi connectivity index (χ2v) is 4.36. The minimum atomic E-state index is -0.345. The second-order valence-electron chi connectivity index (χ2n) is 4.36. The van der Waals surface area contributed by atoms with Crippen LogP contribution in [0.4, 0.5) is 0 Å². The fourth-order valence-corrected chi connectivity index (χ4v) is 1.95. The van der Waals surface area contributed by atoms with Gasteiger partial charge in [-0.15, -0.1) is 0 Å². The predicted octanol–water partition coefficient (Wildman–Crippen LogP) is 2.52. The van der Waals surface area contributed by atoms with Crippen molar-refractivity contribution in [2.24, 2.45) is 0 Å². The van der Waals surface area contributed by atoms with Crippen molar-refractivity contribution in [2.45, 2.75) is 13.5 Å². The highest BCUT2D eigenvalue weighted by Crippen LogP contribution is 2.21. The lowest BCUT2D eigenvalue weighted by atomic mass is 10.1. The first-order chi connectivity index (χ1) is 10.2. The molecule has 2 aromatic rings. The second kappa shape index (κ2) is 7.28. The minimum Gasteiger partial charge on any atom is -0.496 e. The standard InChI is InChI=1S/C16H18N2O3/c1-3-21-16(19)8-6-13-5-7-15(20-2)14(11-13)12-18-10-4-9-17-18/h4-11H,3,12H2,1-2H3. The molecule has 110 valence electrons. The largest absolute Gasteiger partial charge is 0.496 e. The third-order valence-electron chi connectivity index (χ3n) is 2.89. The van der Waals surface area contributed by atoms with Crippen LogP contribution in [0.5, 0.6) is 5.75 Å². The Bertz CT molecular complexity index is 618. The summed E-state index contributed by atoms with van der Waals surface area (Å²) in [5.41, 5.74) is 1.90. The van der Waals surface area contributed by atoms with Gasteiger partial charge in [0.25, 0.3) is 0 Å². The summed E-state index contributed by atoms with van der Waals surface area (Å²) in [5.74, 6) is 0.445. The normalized spacial score (nSPS) is 10.8. The monoisotopic (exact) mass is 286 g/mol. The Morgan fingerprint density at radius 1 is 1.43 bits per heavy atom. The van der Waals surface area contributed by atoms with Crippen LogP contribution in [0.2, 0.25) is 0 Å². The number of carbonyl (C=O) groups is 1. The number of esters is 1. The van der Waals surface area contributed by atoms with Gasteiger partial charge in [-0.25, -0.2) is 4.79 Å². The molecule has 0 saturated heterocycles. The Kier molecular flexibility index (Phi) is 5.15. The number of hydrogen-bond donors (Lipinski definition) is 0. The highest BCUT2D eigenvalue weighted by molar-refractivity contribution is 5.87. The number of carbonyl (C=O) groups excluding carboxylic acids is 1. The lowest BCUT2D eigenvalue weighted by molar-refractivity contribution is -0.137. The van der Waals surface area contributed by atoms with E-state index in [1.54, 1.807) is 26.3 Å². The molecule has 0 spiro atoms. The van der Waals surface area contributed by atoms with E-state index >= 15 is 0 Å². The molecule has 0 atom stereocenters. The molecule has 0 bridgehead atoms. The maximum Gasteiger partial charge on any atom is 0.330 e. The average Bonchev–Trinajstić information content (AvgIpc) is 2.99. The molecular formula is C16H18N2O3. The molecule has 0 unspecified atom stereocenters. The van der Waals surface area contributed by atoms with Gasteiger partial charge in [0, 0.05) is 24.0 Å². The van der Waals surface area contributed by atoms with E-state index in [4.69, 9.17) is 9.47 Å². The topological polar surface area (TPSA) is 53.4 Å². The number of aromatic nitrogens is 2. The van der Waals surface area contributed by atoms with Gasteiger partial charge in [-0.3, -0.25) is 4.68 Å². The van der Waals surface area contributed by atoms with E-state index in [0.29, 0.717) is 13.2 Å². The molecule has 5 nitrogen and oxygen atoms in total. The SMILES string of the molecule is CCOC(=O)C=Cc1ccc(OC)c(Cn2cccn2)c1. The quantitative estimate of drug-likeness (QED) is 0.605. The fourth-order valence-electron chi connectivity index (χ4n) is 1.95. The van der Waals surface area contributed by atoms with Crippen LogP contribution in [-0.2, 0) is 16.1 Å². The van der Waals surface area contributed by atoms with E-state index in [0.717, 1.165) is 16.9 Å². The van der Waals surface area contributed by atoms with Crippen LogP contribution < -0.4 is 4.74 Å². The molecule has 0 amide bonds. The Morgan fingerprint density at radius 2 is 2.29 bits per heavy atom. The molecule has 2 rings (SSSR count). The third kappa shape index (κ3) is 4.21. The number of rotatable bonds is 6. The number of hydrogen-bond acceptors (Lipinski definition) is 4. The van der Waals surface area contributed by atoms with E-state index in [1.807, 2.05) is 35.1 Å². The van der Waals surface area contributed by atoms with E-state index in [1.165, 1.54) is 6.08 Å². The summed E-state index contributed by atoms with van der Waals surface area (Å²) in [6.07, 6.45) is 6.77. The highest BCUT2D eigenvalue weighted by atomic mass is 16.5. The van der Waals surface area contributed by atoms with Gasteiger partial charge in [0.1, 0.15) is 5.75 Å². The number of nitrogens with zero attached hydrogens (tertiary/aromatic N) is 2. The van der Waals surface area contributed by atoms with Gasteiger partial charge >= 0.3 is 5.97 Å². The maximum absolute atomic E-state index is 11.3. The van der Waals surface area contributed by atoms with Crippen LogP contribution in [0.25, 0.3) is 6.08 Å². The summed E-state index contributed by atoms with van der Waals surface area (Å²) < 4.78 is 12.0. The number of ether oxygens (including phenoxy) is 2. The van der Waals surface area contributed by atoms with E-state index in [2.05, 4.69) is 5.10 Å². The zero-order chi connectivity index (χ0) is 15.1. The third-order valence-corrected chi connectivity index (χ3v) is 2.89. The predicted molar refractivity (Wildman–Crippen MR) is 80.0 cm³/mol. The average molecular weight is 286 g/mol. The molecule has 0 aliphatic carbocycles. The van der Waals surface area contributed by atoms with Crippen molar-refractivity contribution in [2.75, 3.05) is 13.7 Å². The highest BCUT2D eigenvalue weighted by Gasteiger charge is 2.05. The molecule has 1 aromatic carbocycles. The van der Waals surface area contributed by atoms with Crippen LogP contribution in [0.15, 0.2) is 42.7 Å². The number of benzene rings is 1. The van der Waals surface area contributed by atoms with Gasteiger partial charge in [-0.1, -0.05) is 6.07 Å². The molecule has 0 aliphatic heterocycles. The molecular weight excluding hydrogens is 268 g/mol. The van der Waals surface area contributed by atoms with Gasteiger partial charge < -0.3 is 9.47 Å². The van der Waals surface area contributed by atoms with Gasteiger partial charge in [-0.05, 0) is 36.8 Å². The van der Waals surface area contributed by atoms with Crippen LogP contribution in [0, 0.1) is 0 Å². The fraction of sp³-hybridized carbons (Fsp3) is 0.250. The van der Waals surface area contributed by atoms with Gasteiger partial charge in [-0.2, -0.15) is 5.10 Å². The lowest BCUT2D eigenvalue weighted by Gasteiger charge is -2.09. The molecule has 1 heterocycles. The zero-order valence-corrected chi connectivity index (χ0v) is 12.2. The van der Waals surface area contributed by atoms with Crippen LogP contribution in [-0.4, -0.2) is 29.5 Å². The minimum absolute atomic E-state index is 0.345. The summed E-state index contributed by atoms with van der Waals surface area (Å²) in [7, 11) is 1.63. The molecule has 0 aliphatic rings. The van der Waals surface area contributed by atoms with Crippen LogP contribution in [0.3, 0.4) is 0 Å². The van der Waals surface area contributed by atoms with Crippen molar-refractivity contribution in [3.05, 3.63) is 53.9 Å². The van der Waals surface area contributed by atoms with E-state index < -0.39 is 0 Å². The first kappa shape index (κ1) is 14.8. The van der Waals surface area contributed by atoms with E-state index in [-0.39, 0.29) is 5.97 Å². The summed E-state index contributed by atoms with van der Waals surface area (Å²) in [5, 5.41) is 4.18. The first-order valence-corrected chi connectivity index (χ1v) is 6.72. The van der Waals surface area contributed by atoms with Crippen molar-refractivity contribution in [1.82, 2.24) is 9.78 Å². The Balaban J connectivity index is 2.19. The van der Waals surface area contributed by atoms with E-state index in [9.17, 15) is 4.79 Å². The first-order valence-electron chi connectivity index (χ1n) is 6.72. The van der Waals surface area contributed by atoms with Crippen molar-refractivity contribution in [1.29, 1.82) is 0 Å². The zero-order valence-electron chi connectivity index (χ0n) is 12.2. The van der Waals surface area contributed by atoms with Crippen LogP contribution >= 0.6 is 0 Å². The Labute approximate surface area is 123 Å². The lowest BCUT2D eigenvalue weighted by Crippen LogP contribution is -2.02.